The van der Waals surface area contributed by atoms with E-state index in [1.165, 1.54) is 6.08 Å². The molecule has 6 nitrogen and oxygen atoms in total. The van der Waals surface area contributed by atoms with Crippen molar-refractivity contribution >= 4 is 77.4 Å². The van der Waals surface area contributed by atoms with Crippen LogP contribution in [0.25, 0.3) is 6.08 Å². The Bertz CT molecular complexity index is 1340. The molecule has 34 heavy (non-hydrogen) atoms. The molecule has 4 amide bonds. The molecule has 0 aromatic heterocycles. The summed E-state index contributed by atoms with van der Waals surface area (Å²) in [7, 11) is 0. The zero-order valence-corrected chi connectivity index (χ0v) is 22.5. The van der Waals surface area contributed by atoms with Crippen LogP contribution < -0.4 is 15.0 Å². The average molecular weight is 649 g/mol. The zero-order valence-electron chi connectivity index (χ0n) is 17.8. The summed E-state index contributed by atoms with van der Waals surface area (Å²) in [6, 6.07) is 17.2. The molecule has 3 aromatic carbocycles. The third kappa shape index (κ3) is 5.32. The van der Waals surface area contributed by atoms with Crippen molar-refractivity contribution in [2.75, 3.05) is 4.90 Å². The zero-order chi connectivity index (χ0) is 24.4. The number of hydrogen-bond acceptors (Lipinski definition) is 4. The van der Waals surface area contributed by atoms with Crippen LogP contribution in [0, 0.1) is 6.92 Å². The average Bonchev–Trinajstić information content (AvgIpc) is 2.78. The monoisotopic (exact) mass is 646 g/mol. The van der Waals surface area contributed by atoms with Gasteiger partial charge >= 0.3 is 6.03 Å². The highest BCUT2D eigenvalue weighted by Gasteiger charge is 2.37. The normalized spacial score (nSPS) is 15.0. The van der Waals surface area contributed by atoms with Crippen LogP contribution in [-0.2, 0) is 16.2 Å². The number of urea groups is 1. The third-order valence-electron chi connectivity index (χ3n) is 5.10. The molecular formula is C25H17Br3N2O4. The first-order valence-corrected chi connectivity index (χ1v) is 12.5. The van der Waals surface area contributed by atoms with Crippen LogP contribution in [0.1, 0.15) is 16.7 Å². The Morgan fingerprint density at radius 2 is 1.59 bits per heavy atom. The fraction of sp³-hybridized carbons (Fsp3) is 0.0800. The number of benzene rings is 3. The van der Waals surface area contributed by atoms with Gasteiger partial charge in [0.05, 0.1) is 5.69 Å². The van der Waals surface area contributed by atoms with Gasteiger partial charge in [0.1, 0.15) is 17.9 Å². The number of anilines is 1. The number of carbonyl (C=O) groups is 3. The summed E-state index contributed by atoms with van der Waals surface area (Å²) in [5.41, 5.74) is 2.61. The number of hydrogen-bond donors (Lipinski definition) is 1. The van der Waals surface area contributed by atoms with E-state index in [9.17, 15) is 14.4 Å². The van der Waals surface area contributed by atoms with Crippen molar-refractivity contribution in [3.63, 3.8) is 0 Å². The molecule has 0 spiro atoms. The summed E-state index contributed by atoms with van der Waals surface area (Å²) in [6.45, 7) is 2.16. The smallest absolute Gasteiger partial charge is 0.335 e. The first-order chi connectivity index (χ1) is 16.2. The van der Waals surface area contributed by atoms with Gasteiger partial charge in [-0.2, -0.15) is 0 Å². The minimum absolute atomic E-state index is 0.130. The van der Waals surface area contributed by atoms with Gasteiger partial charge in [-0.25, -0.2) is 9.69 Å². The van der Waals surface area contributed by atoms with Crippen molar-refractivity contribution in [2.24, 2.45) is 0 Å². The van der Waals surface area contributed by atoms with Crippen molar-refractivity contribution in [1.82, 2.24) is 5.32 Å². The van der Waals surface area contributed by atoms with Crippen molar-refractivity contribution in [3.8, 4) is 5.75 Å². The second-order valence-electron chi connectivity index (χ2n) is 7.48. The molecule has 1 aliphatic rings. The van der Waals surface area contributed by atoms with Crippen LogP contribution in [0.15, 0.2) is 79.7 Å². The van der Waals surface area contributed by atoms with Gasteiger partial charge in [-0.1, -0.05) is 66.0 Å². The summed E-state index contributed by atoms with van der Waals surface area (Å²) in [5, 5.41) is 2.24. The lowest BCUT2D eigenvalue weighted by atomic mass is 10.1. The predicted molar refractivity (Wildman–Crippen MR) is 140 cm³/mol. The molecule has 0 radical (unpaired) electrons. The summed E-state index contributed by atoms with van der Waals surface area (Å²) in [5.74, 6) is -0.778. The third-order valence-corrected chi connectivity index (χ3v) is 6.83. The maximum absolute atomic E-state index is 13.1. The fourth-order valence-electron chi connectivity index (χ4n) is 3.37. The van der Waals surface area contributed by atoms with E-state index in [-0.39, 0.29) is 5.57 Å². The number of nitrogens with zero attached hydrogens (tertiary/aromatic N) is 1. The molecule has 3 aromatic rings. The van der Waals surface area contributed by atoms with Gasteiger partial charge in [0.2, 0.25) is 0 Å². The van der Waals surface area contributed by atoms with E-state index in [4.69, 9.17) is 4.74 Å². The van der Waals surface area contributed by atoms with E-state index in [0.29, 0.717) is 29.2 Å². The Balaban J connectivity index is 1.53. The molecule has 172 valence electrons. The molecule has 1 aliphatic heterocycles. The standard InChI is InChI=1S/C25H17Br3N2O4/c1-14-10-17(26)6-9-22(14)30-24(32)20(23(31)29-25(30)33)11-15-2-7-19(8-3-15)34-13-16-4-5-18(27)12-21(16)28/h2-12H,13H2,1H3,(H,29,31,33)/b20-11+. The van der Waals surface area contributed by atoms with Crippen LogP contribution in [0.2, 0.25) is 0 Å². The highest BCUT2D eigenvalue weighted by Crippen LogP contribution is 2.28. The molecule has 0 atom stereocenters. The summed E-state index contributed by atoms with van der Waals surface area (Å²) >= 11 is 10.3. The Hall–Kier alpha value is -2.75. The minimum atomic E-state index is -0.777. The van der Waals surface area contributed by atoms with Gasteiger partial charge in [0, 0.05) is 19.0 Å². The summed E-state index contributed by atoms with van der Waals surface area (Å²) in [6.07, 6.45) is 1.46. The Morgan fingerprint density at radius 3 is 2.26 bits per heavy atom. The molecule has 1 fully saturated rings. The molecule has 0 saturated carbocycles. The lowest BCUT2D eigenvalue weighted by Crippen LogP contribution is -2.54. The Kier molecular flexibility index (Phi) is 7.35. The number of carbonyl (C=O) groups excluding carboxylic acids is 3. The molecule has 0 bridgehead atoms. The van der Waals surface area contributed by atoms with E-state index in [2.05, 4.69) is 53.1 Å². The first kappa shape index (κ1) is 24.4. The van der Waals surface area contributed by atoms with Crippen molar-refractivity contribution in [1.29, 1.82) is 0 Å². The molecule has 4 rings (SSSR count). The van der Waals surface area contributed by atoms with Gasteiger partial charge < -0.3 is 4.74 Å². The molecule has 1 heterocycles. The predicted octanol–water partition coefficient (Wildman–Crippen LogP) is 6.53. The molecule has 0 aliphatic carbocycles. The Labute approximate surface area is 221 Å². The fourth-order valence-corrected chi connectivity index (χ4v) is 5.01. The number of barbiturate groups is 1. The van der Waals surface area contributed by atoms with E-state index in [1.54, 1.807) is 49.4 Å². The number of imide groups is 2. The summed E-state index contributed by atoms with van der Waals surface area (Å²) in [4.78, 5) is 38.9. The van der Waals surface area contributed by atoms with Crippen LogP contribution in [-0.4, -0.2) is 17.8 Å². The number of halogens is 3. The SMILES string of the molecule is Cc1cc(Br)ccc1N1C(=O)NC(=O)/C(=C\c2ccc(OCc3ccc(Br)cc3Br)cc2)C1=O. The number of nitrogens with one attached hydrogen (secondary N) is 1. The molecule has 1 N–H and O–H groups in total. The largest absolute Gasteiger partial charge is 0.489 e. The van der Waals surface area contributed by atoms with E-state index < -0.39 is 17.8 Å². The Morgan fingerprint density at radius 1 is 0.912 bits per heavy atom. The minimum Gasteiger partial charge on any atom is -0.489 e. The van der Waals surface area contributed by atoms with Gasteiger partial charge in [-0.3, -0.25) is 14.9 Å². The second kappa shape index (κ2) is 10.2. The molecular weight excluding hydrogens is 632 g/mol. The van der Waals surface area contributed by atoms with E-state index in [1.807, 2.05) is 18.2 Å². The van der Waals surface area contributed by atoms with Crippen LogP contribution in [0.4, 0.5) is 10.5 Å². The van der Waals surface area contributed by atoms with Crippen LogP contribution in [0.3, 0.4) is 0 Å². The number of amides is 4. The molecule has 0 unspecified atom stereocenters. The topological polar surface area (TPSA) is 75.7 Å². The summed E-state index contributed by atoms with van der Waals surface area (Å²) < 4.78 is 8.57. The maximum Gasteiger partial charge on any atom is 0.335 e. The highest BCUT2D eigenvalue weighted by molar-refractivity contribution is 9.11. The van der Waals surface area contributed by atoms with Gasteiger partial charge in [0.15, 0.2) is 0 Å². The van der Waals surface area contributed by atoms with Crippen molar-refractivity contribution in [3.05, 3.63) is 96.3 Å². The van der Waals surface area contributed by atoms with E-state index >= 15 is 0 Å². The van der Waals surface area contributed by atoms with Crippen LogP contribution in [0.5, 0.6) is 5.75 Å². The van der Waals surface area contributed by atoms with Crippen LogP contribution >= 0.6 is 47.8 Å². The van der Waals surface area contributed by atoms with Gasteiger partial charge in [-0.05, 0) is 66.6 Å². The maximum atomic E-state index is 13.1. The second-order valence-corrected chi connectivity index (χ2v) is 10.2. The number of ether oxygens (including phenoxy) is 1. The quantitative estimate of drug-likeness (QED) is 0.252. The number of rotatable bonds is 5. The lowest BCUT2D eigenvalue weighted by molar-refractivity contribution is -0.122. The van der Waals surface area contributed by atoms with Gasteiger partial charge in [0.25, 0.3) is 11.8 Å². The van der Waals surface area contributed by atoms with Crippen molar-refractivity contribution in [2.45, 2.75) is 13.5 Å². The van der Waals surface area contributed by atoms with E-state index in [0.717, 1.165) is 23.9 Å². The molecule has 1 saturated heterocycles. The van der Waals surface area contributed by atoms with Gasteiger partial charge in [-0.15, -0.1) is 0 Å². The first-order valence-electron chi connectivity index (χ1n) is 10.1. The van der Waals surface area contributed by atoms with Crippen molar-refractivity contribution < 1.29 is 19.1 Å². The lowest BCUT2D eigenvalue weighted by Gasteiger charge is -2.27. The molecule has 9 heteroatoms. The number of aryl methyl sites for hydroxylation is 1. The highest BCUT2D eigenvalue weighted by atomic mass is 79.9.